The summed E-state index contributed by atoms with van der Waals surface area (Å²) in [5.74, 6) is 0.862. The Bertz CT molecular complexity index is 1020. The predicted molar refractivity (Wildman–Crippen MR) is 88.4 cm³/mol. The normalized spacial score (nSPS) is 11.9. The molecule has 0 radical (unpaired) electrons. The van der Waals surface area contributed by atoms with Crippen LogP contribution in [0.4, 0.5) is 5.13 Å². The molecule has 1 N–H and O–H groups in total. The van der Waals surface area contributed by atoms with Crippen molar-refractivity contribution in [2.75, 3.05) is 0 Å². The summed E-state index contributed by atoms with van der Waals surface area (Å²) in [7, 11) is 0. The summed E-state index contributed by atoms with van der Waals surface area (Å²) >= 11 is 1.35. The van der Waals surface area contributed by atoms with E-state index in [2.05, 4.69) is 15.2 Å². The molecule has 23 heavy (non-hydrogen) atoms. The largest absolute Gasteiger partial charge is 0.508 e. The Kier molecular flexibility index (Phi) is 3.36. The van der Waals surface area contributed by atoms with Crippen molar-refractivity contribution >= 4 is 27.4 Å². The van der Waals surface area contributed by atoms with Gasteiger partial charge in [-0.1, -0.05) is 41.7 Å². The van der Waals surface area contributed by atoms with Gasteiger partial charge in [0.05, 0.1) is 5.36 Å². The highest BCUT2D eigenvalue weighted by Gasteiger charge is 2.07. The first-order chi connectivity index (χ1) is 11.3. The minimum absolute atomic E-state index is 0.161. The van der Waals surface area contributed by atoms with Gasteiger partial charge in [-0.3, -0.25) is 0 Å². The van der Waals surface area contributed by atoms with E-state index in [1.807, 2.05) is 36.4 Å². The molecular weight excluding hydrogens is 310 g/mol. The van der Waals surface area contributed by atoms with Crippen molar-refractivity contribution in [3.8, 4) is 17.1 Å². The number of benzene rings is 2. The Morgan fingerprint density at radius 3 is 2.70 bits per heavy atom. The molecule has 2 aromatic carbocycles. The third-order valence-corrected chi connectivity index (χ3v) is 3.93. The van der Waals surface area contributed by atoms with Crippen molar-refractivity contribution in [1.29, 1.82) is 0 Å². The highest BCUT2D eigenvalue weighted by atomic mass is 32.1. The molecule has 4 aromatic rings. The lowest BCUT2D eigenvalue weighted by Crippen LogP contribution is -2.03. The van der Waals surface area contributed by atoms with Crippen LogP contribution in [0, 0.1) is 0 Å². The van der Waals surface area contributed by atoms with Crippen LogP contribution in [0.2, 0.25) is 0 Å². The Hall–Kier alpha value is -2.99. The van der Waals surface area contributed by atoms with Gasteiger partial charge in [-0.05, 0) is 18.2 Å². The van der Waals surface area contributed by atoms with Gasteiger partial charge >= 0.3 is 0 Å². The maximum atomic E-state index is 9.76. The van der Waals surface area contributed by atoms with Crippen LogP contribution >= 0.6 is 11.3 Å². The van der Waals surface area contributed by atoms with E-state index in [9.17, 15) is 5.11 Å². The highest BCUT2D eigenvalue weighted by Crippen LogP contribution is 2.24. The summed E-state index contributed by atoms with van der Waals surface area (Å²) < 4.78 is 5.96. The fourth-order valence-electron chi connectivity index (χ4n) is 2.31. The lowest BCUT2D eigenvalue weighted by molar-refractivity contribution is 0.475. The van der Waals surface area contributed by atoms with E-state index < -0.39 is 0 Å². The van der Waals surface area contributed by atoms with Crippen LogP contribution in [0.25, 0.3) is 22.3 Å². The van der Waals surface area contributed by atoms with E-state index in [1.165, 1.54) is 11.3 Å². The Morgan fingerprint density at radius 1 is 1.04 bits per heavy atom. The van der Waals surface area contributed by atoms with Gasteiger partial charge in [0, 0.05) is 17.0 Å². The number of rotatable bonds is 2. The smallest absolute Gasteiger partial charge is 0.231 e. The summed E-state index contributed by atoms with van der Waals surface area (Å²) in [6, 6.07) is 16.6. The van der Waals surface area contributed by atoms with Gasteiger partial charge in [-0.2, -0.15) is 0 Å². The van der Waals surface area contributed by atoms with Gasteiger partial charge in [0.2, 0.25) is 5.13 Å². The molecule has 0 aliphatic heterocycles. The summed E-state index contributed by atoms with van der Waals surface area (Å²) in [5, 5.41) is 19.5. The van der Waals surface area contributed by atoms with Gasteiger partial charge in [-0.25, -0.2) is 4.99 Å². The number of aromatic hydroxyl groups is 1. The summed E-state index contributed by atoms with van der Waals surface area (Å²) in [5.41, 5.74) is 3.23. The molecule has 0 aliphatic carbocycles. The van der Waals surface area contributed by atoms with Gasteiger partial charge < -0.3 is 9.52 Å². The van der Waals surface area contributed by atoms with E-state index in [0.29, 0.717) is 21.8 Å². The van der Waals surface area contributed by atoms with Crippen molar-refractivity contribution in [2.24, 2.45) is 4.99 Å². The van der Waals surface area contributed by atoms with Crippen LogP contribution in [-0.2, 0) is 0 Å². The van der Waals surface area contributed by atoms with E-state index in [4.69, 9.17) is 4.42 Å². The van der Waals surface area contributed by atoms with E-state index in [1.54, 1.807) is 23.7 Å². The minimum Gasteiger partial charge on any atom is -0.508 e. The molecule has 4 rings (SSSR count). The maximum absolute atomic E-state index is 9.76. The number of hydrogen-bond acceptors (Lipinski definition) is 6. The average molecular weight is 321 g/mol. The van der Waals surface area contributed by atoms with Gasteiger partial charge in [0.1, 0.15) is 22.6 Å². The van der Waals surface area contributed by atoms with Crippen molar-refractivity contribution in [3.63, 3.8) is 0 Å². The molecule has 0 amide bonds. The molecular formula is C17H11N3O2S. The van der Waals surface area contributed by atoms with Crippen LogP contribution < -0.4 is 5.36 Å². The van der Waals surface area contributed by atoms with Crippen LogP contribution in [0.15, 0.2) is 69.5 Å². The molecule has 0 fully saturated rings. The Morgan fingerprint density at radius 2 is 1.91 bits per heavy atom. The zero-order valence-electron chi connectivity index (χ0n) is 11.9. The molecule has 6 heteroatoms. The van der Waals surface area contributed by atoms with E-state index >= 15 is 0 Å². The molecule has 0 unspecified atom stereocenters. The summed E-state index contributed by atoms with van der Waals surface area (Å²) in [6.45, 7) is 0. The molecule has 5 nitrogen and oxygen atoms in total. The molecule has 112 valence electrons. The number of fused-ring (bicyclic) bond motifs is 1. The number of hydrogen-bond donors (Lipinski definition) is 1. The SMILES string of the molecule is Oc1ccc2oc(-c3ccccc3)cc(=Nc3nncs3)c2c1. The predicted octanol–water partition coefficient (Wildman–Crippen LogP) is 3.89. The lowest BCUT2D eigenvalue weighted by atomic mass is 10.1. The molecule has 2 aromatic heterocycles. The van der Waals surface area contributed by atoms with E-state index in [0.717, 1.165) is 10.9 Å². The van der Waals surface area contributed by atoms with Crippen LogP contribution in [-0.4, -0.2) is 15.3 Å². The summed E-state index contributed by atoms with van der Waals surface area (Å²) in [6.07, 6.45) is 0. The molecule has 0 aliphatic rings. The second-order valence-electron chi connectivity index (χ2n) is 4.88. The molecule has 0 atom stereocenters. The number of phenols is 1. The van der Waals surface area contributed by atoms with Gasteiger partial charge in [0.15, 0.2) is 0 Å². The monoisotopic (exact) mass is 321 g/mol. The van der Waals surface area contributed by atoms with Crippen LogP contribution in [0.1, 0.15) is 0 Å². The second kappa shape index (κ2) is 5.66. The standard InChI is InChI=1S/C17H11N3O2S/c21-12-6-7-15-13(8-12)14(19-17-20-18-10-23-17)9-16(22-15)11-4-2-1-3-5-11/h1-10,21H. The van der Waals surface area contributed by atoms with Gasteiger partial charge in [0.25, 0.3) is 0 Å². The van der Waals surface area contributed by atoms with Crippen molar-refractivity contribution in [3.05, 3.63) is 65.5 Å². The van der Waals surface area contributed by atoms with Crippen molar-refractivity contribution in [1.82, 2.24) is 10.2 Å². The number of phenolic OH excluding ortho intramolecular Hbond substituents is 1. The first kappa shape index (κ1) is 13.7. The fourth-order valence-corrected chi connectivity index (χ4v) is 2.75. The zero-order valence-corrected chi connectivity index (χ0v) is 12.7. The molecule has 0 saturated carbocycles. The first-order valence-electron chi connectivity index (χ1n) is 6.93. The third-order valence-electron chi connectivity index (χ3n) is 3.35. The van der Waals surface area contributed by atoms with Crippen molar-refractivity contribution in [2.45, 2.75) is 0 Å². The number of nitrogens with zero attached hydrogens (tertiary/aromatic N) is 3. The highest BCUT2D eigenvalue weighted by molar-refractivity contribution is 7.13. The Balaban J connectivity index is 2.03. The second-order valence-corrected chi connectivity index (χ2v) is 5.69. The molecule has 2 heterocycles. The lowest BCUT2D eigenvalue weighted by Gasteiger charge is -2.05. The zero-order chi connectivity index (χ0) is 15.6. The number of aromatic nitrogens is 2. The van der Waals surface area contributed by atoms with Gasteiger partial charge in [-0.15, -0.1) is 10.2 Å². The van der Waals surface area contributed by atoms with Crippen molar-refractivity contribution < 1.29 is 9.52 Å². The average Bonchev–Trinajstić information content (AvgIpc) is 3.09. The topological polar surface area (TPSA) is 71.5 Å². The van der Waals surface area contributed by atoms with Crippen LogP contribution in [0.3, 0.4) is 0 Å². The maximum Gasteiger partial charge on any atom is 0.231 e. The van der Waals surface area contributed by atoms with E-state index in [-0.39, 0.29) is 5.75 Å². The summed E-state index contributed by atoms with van der Waals surface area (Å²) in [4.78, 5) is 4.53. The molecule has 0 spiro atoms. The Labute approximate surface area is 135 Å². The molecule has 0 bridgehead atoms. The molecule has 0 saturated heterocycles. The first-order valence-corrected chi connectivity index (χ1v) is 7.81. The minimum atomic E-state index is 0.161. The third kappa shape index (κ3) is 2.72. The van der Waals surface area contributed by atoms with Crippen LogP contribution in [0.5, 0.6) is 5.75 Å². The fraction of sp³-hybridized carbons (Fsp3) is 0. The quantitative estimate of drug-likeness (QED) is 0.608.